The molecule has 8 nitrogen and oxygen atoms in total. The quantitative estimate of drug-likeness (QED) is 0.575. The predicted octanol–water partition coefficient (Wildman–Crippen LogP) is 2.89. The first kappa shape index (κ1) is 20.5. The Kier molecular flexibility index (Phi) is 4.99. The number of carbonyl (C=O) groups is 2. The molecule has 4 aliphatic heterocycles. The van der Waals surface area contributed by atoms with Crippen LogP contribution in [0.15, 0.2) is 48.5 Å². The van der Waals surface area contributed by atoms with Gasteiger partial charge in [-0.1, -0.05) is 0 Å². The summed E-state index contributed by atoms with van der Waals surface area (Å²) >= 11 is 0. The molecule has 4 saturated heterocycles. The van der Waals surface area contributed by atoms with Crippen molar-refractivity contribution in [3.05, 3.63) is 48.5 Å². The number of nitrogens with zero attached hydrogens (tertiary/aromatic N) is 2. The lowest BCUT2D eigenvalue weighted by molar-refractivity contribution is -0.117. The van der Waals surface area contributed by atoms with Gasteiger partial charge in [-0.2, -0.15) is 0 Å². The molecular weight excluding hydrogens is 424 g/mol. The van der Waals surface area contributed by atoms with Gasteiger partial charge in [0.2, 0.25) is 11.8 Å². The zero-order valence-corrected chi connectivity index (χ0v) is 18.3. The van der Waals surface area contributed by atoms with Crippen LogP contribution in [0.4, 0.5) is 11.4 Å². The molecule has 8 heteroatoms. The van der Waals surface area contributed by atoms with Crippen molar-refractivity contribution in [2.75, 3.05) is 36.2 Å². The van der Waals surface area contributed by atoms with Gasteiger partial charge in [-0.15, -0.1) is 0 Å². The Balaban J connectivity index is 1.25. The second-order valence-corrected chi connectivity index (χ2v) is 8.96. The van der Waals surface area contributed by atoms with E-state index in [2.05, 4.69) is 0 Å². The second kappa shape index (κ2) is 8.04. The molecule has 2 aromatic carbocycles. The minimum atomic E-state index is -0.692. The van der Waals surface area contributed by atoms with E-state index in [1.54, 1.807) is 9.80 Å². The highest BCUT2D eigenvalue weighted by molar-refractivity contribution is 6.05. The number of rotatable bonds is 8. The molecular formula is C25H26N2O6. The van der Waals surface area contributed by atoms with Crippen LogP contribution in [-0.4, -0.2) is 56.1 Å². The highest BCUT2D eigenvalue weighted by atomic mass is 16.6. The van der Waals surface area contributed by atoms with E-state index in [-0.39, 0.29) is 24.0 Å². The first-order valence-corrected chi connectivity index (χ1v) is 11.5. The third-order valence-electron chi connectivity index (χ3n) is 6.68. The average molecular weight is 450 g/mol. The van der Waals surface area contributed by atoms with Crippen molar-refractivity contribution in [2.24, 2.45) is 0 Å². The number of hydrogen-bond acceptors (Lipinski definition) is 6. The van der Waals surface area contributed by atoms with Crippen LogP contribution in [0, 0.1) is 0 Å². The van der Waals surface area contributed by atoms with E-state index in [1.807, 2.05) is 48.5 Å². The summed E-state index contributed by atoms with van der Waals surface area (Å²) in [5, 5.41) is 0. The topological polar surface area (TPSA) is 84.1 Å². The molecule has 0 radical (unpaired) electrons. The number of anilines is 2. The zero-order chi connectivity index (χ0) is 22.4. The molecule has 2 amide bonds. The molecule has 0 N–H and O–H groups in total. The minimum absolute atomic E-state index is 0.0270. The Morgan fingerprint density at radius 3 is 1.48 bits per heavy atom. The van der Waals surface area contributed by atoms with E-state index in [9.17, 15) is 9.59 Å². The second-order valence-electron chi connectivity index (χ2n) is 8.96. The van der Waals surface area contributed by atoms with Crippen molar-refractivity contribution in [3.8, 4) is 11.5 Å². The third-order valence-corrected chi connectivity index (χ3v) is 6.68. The Labute approximate surface area is 192 Å². The first-order chi connectivity index (χ1) is 16.1. The fourth-order valence-electron chi connectivity index (χ4n) is 4.83. The summed E-state index contributed by atoms with van der Waals surface area (Å²) in [7, 11) is 0. The van der Waals surface area contributed by atoms with Crippen molar-refractivity contribution in [2.45, 2.75) is 43.6 Å². The van der Waals surface area contributed by atoms with E-state index >= 15 is 0 Å². The first-order valence-electron chi connectivity index (χ1n) is 11.5. The largest absolute Gasteiger partial charge is 0.491 e. The van der Waals surface area contributed by atoms with Gasteiger partial charge in [0.05, 0.1) is 13.2 Å². The summed E-state index contributed by atoms with van der Waals surface area (Å²) in [5.41, 5.74) is 0.857. The van der Waals surface area contributed by atoms with Crippen LogP contribution >= 0.6 is 0 Å². The molecule has 2 unspecified atom stereocenters. The van der Waals surface area contributed by atoms with Crippen molar-refractivity contribution in [1.29, 1.82) is 0 Å². The van der Waals surface area contributed by atoms with Crippen LogP contribution in [0.5, 0.6) is 11.5 Å². The Hall–Kier alpha value is -3.10. The van der Waals surface area contributed by atoms with Gasteiger partial charge in [0.1, 0.15) is 42.6 Å². The fourth-order valence-corrected chi connectivity index (χ4v) is 4.83. The zero-order valence-electron chi connectivity index (χ0n) is 18.3. The van der Waals surface area contributed by atoms with Crippen LogP contribution in [-0.2, 0) is 19.1 Å². The van der Waals surface area contributed by atoms with Crippen molar-refractivity contribution >= 4 is 23.2 Å². The molecule has 1 spiro atoms. The number of carbonyl (C=O) groups excluding carboxylic acids is 2. The Morgan fingerprint density at radius 1 is 0.727 bits per heavy atom. The fraction of sp³-hybridized carbons (Fsp3) is 0.440. The smallest absolute Gasteiger partial charge is 0.229 e. The van der Waals surface area contributed by atoms with Crippen LogP contribution < -0.4 is 19.3 Å². The molecule has 0 aliphatic carbocycles. The molecule has 4 aliphatic rings. The minimum Gasteiger partial charge on any atom is -0.491 e. The molecule has 0 aromatic heterocycles. The average Bonchev–Trinajstić information content (AvgIpc) is 3.76. The monoisotopic (exact) mass is 450 g/mol. The van der Waals surface area contributed by atoms with E-state index in [1.165, 1.54) is 0 Å². The van der Waals surface area contributed by atoms with Crippen LogP contribution in [0.25, 0.3) is 0 Å². The summed E-state index contributed by atoms with van der Waals surface area (Å²) in [4.78, 5) is 29.7. The highest BCUT2D eigenvalue weighted by Crippen LogP contribution is 2.47. The van der Waals surface area contributed by atoms with Gasteiger partial charge in [-0.05, 0) is 61.4 Å². The van der Waals surface area contributed by atoms with Gasteiger partial charge in [0, 0.05) is 24.2 Å². The van der Waals surface area contributed by atoms with E-state index in [4.69, 9.17) is 18.9 Å². The summed E-state index contributed by atoms with van der Waals surface area (Å²) in [6.45, 7) is 2.55. The molecule has 0 saturated carbocycles. The third kappa shape index (κ3) is 3.94. The predicted molar refractivity (Wildman–Crippen MR) is 120 cm³/mol. The van der Waals surface area contributed by atoms with Gasteiger partial charge in [-0.3, -0.25) is 19.4 Å². The normalized spacial score (nSPS) is 28.0. The lowest BCUT2D eigenvalue weighted by Gasteiger charge is -2.42. The lowest BCUT2D eigenvalue weighted by Crippen LogP contribution is -2.56. The molecule has 33 heavy (non-hydrogen) atoms. The van der Waals surface area contributed by atoms with Crippen LogP contribution in [0.3, 0.4) is 0 Å². The molecule has 6 rings (SSSR count). The Bertz CT molecular complexity index is 960. The van der Waals surface area contributed by atoms with Gasteiger partial charge in [-0.25, -0.2) is 0 Å². The standard InChI is InChI=1S/C25H26N2O6/c28-23-9-11-25(26(23)17-1-5-19(6-2-17)30-13-21-15-32-21)12-10-24(29)27(25)18-3-7-20(8-4-18)31-14-22-16-33-22/h1-8,21-22H,9-16H2. The molecule has 4 heterocycles. The molecule has 4 fully saturated rings. The lowest BCUT2D eigenvalue weighted by atomic mass is 10.0. The van der Waals surface area contributed by atoms with Crippen molar-refractivity contribution < 1.29 is 28.5 Å². The van der Waals surface area contributed by atoms with Gasteiger partial charge in [0.25, 0.3) is 0 Å². The maximum atomic E-state index is 13.0. The van der Waals surface area contributed by atoms with E-state index in [0.717, 1.165) is 36.1 Å². The molecule has 2 aromatic rings. The summed E-state index contributed by atoms with van der Waals surface area (Å²) in [6, 6.07) is 15.1. The maximum Gasteiger partial charge on any atom is 0.229 e. The number of hydrogen-bond donors (Lipinski definition) is 0. The molecule has 172 valence electrons. The SMILES string of the molecule is O=C1CCC2(CCC(=O)N2c2ccc(OCC3CO3)cc2)N1c1ccc(OCC2CO2)cc1. The Morgan fingerprint density at radius 2 is 1.12 bits per heavy atom. The number of epoxide rings is 2. The summed E-state index contributed by atoms with van der Waals surface area (Å²) < 4.78 is 21.8. The number of ether oxygens (including phenoxy) is 4. The van der Waals surface area contributed by atoms with Crippen molar-refractivity contribution in [1.82, 2.24) is 0 Å². The van der Waals surface area contributed by atoms with Crippen LogP contribution in [0.2, 0.25) is 0 Å². The number of amides is 2. The maximum absolute atomic E-state index is 13.0. The molecule has 0 bridgehead atoms. The van der Waals surface area contributed by atoms with Gasteiger partial charge in [0.15, 0.2) is 0 Å². The van der Waals surface area contributed by atoms with Gasteiger partial charge < -0.3 is 18.9 Å². The van der Waals surface area contributed by atoms with E-state index in [0.29, 0.717) is 38.9 Å². The molecule has 2 atom stereocenters. The highest BCUT2D eigenvalue weighted by Gasteiger charge is 2.56. The summed E-state index contributed by atoms with van der Waals surface area (Å²) in [6.07, 6.45) is 2.39. The van der Waals surface area contributed by atoms with Gasteiger partial charge >= 0.3 is 0 Å². The van der Waals surface area contributed by atoms with Crippen LogP contribution in [0.1, 0.15) is 25.7 Å². The van der Waals surface area contributed by atoms with Crippen molar-refractivity contribution in [3.63, 3.8) is 0 Å². The van der Waals surface area contributed by atoms with E-state index < -0.39 is 5.66 Å². The summed E-state index contributed by atoms with van der Waals surface area (Å²) in [5.74, 6) is 1.53. The number of benzene rings is 2.